The molecule has 36 heavy (non-hydrogen) atoms. The molecule has 7 nitrogen and oxygen atoms in total. The third-order valence-corrected chi connectivity index (χ3v) is 6.48. The highest BCUT2D eigenvalue weighted by molar-refractivity contribution is 6.00. The Labute approximate surface area is 211 Å². The second-order valence-corrected chi connectivity index (χ2v) is 9.19. The average molecular weight is 486 g/mol. The highest BCUT2D eigenvalue weighted by Gasteiger charge is 2.35. The standard InChI is InChI=1S/C29H31N3O4/c1-19-7-9-22(10-8-19)16-30-29(35)23-15-28(34)32(17-23)24-11-13-25(14-12-24)36-18-27(33)31-26-6-4-5-20(2)21(26)3/h4-14,23H,15-18H2,1-3H3,(H,30,35)(H,31,33)/t23-/m1/s1. The second kappa shape index (κ2) is 11.1. The maximum Gasteiger partial charge on any atom is 0.262 e. The maximum absolute atomic E-state index is 12.6. The van der Waals surface area contributed by atoms with Gasteiger partial charge in [-0.15, -0.1) is 0 Å². The largest absolute Gasteiger partial charge is 0.484 e. The molecule has 0 aliphatic carbocycles. The van der Waals surface area contributed by atoms with Crippen LogP contribution in [-0.4, -0.2) is 30.9 Å². The normalized spacial score (nSPS) is 15.0. The molecule has 1 aliphatic heterocycles. The van der Waals surface area contributed by atoms with Crippen LogP contribution < -0.4 is 20.3 Å². The molecule has 0 aromatic heterocycles. The molecule has 3 aromatic carbocycles. The fourth-order valence-electron chi connectivity index (χ4n) is 4.12. The van der Waals surface area contributed by atoms with E-state index in [0.29, 0.717) is 24.5 Å². The molecule has 0 spiro atoms. The lowest BCUT2D eigenvalue weighted by molar-refractivity contribution is -0.126. The van der Waals surface area contributed by atoms with Gasteiger partial charge in [0.2, 0.25) is 11.8 Å². The number of hydrogen-bond acceptors (Lipinski definition) is 4. The summed E-state index contributed by atoms with van der Waals surface area (Å²) in [6, 6.07) is 20.7. The van der Waals surface area contributed by atoms with Crippen molar-refractivity contribution in [2.75, 3.05) is 23.4 Å². The first-order valence-electron chi connectivity index (χ1n) is 12.0. The molecule has 0 unspecified atom stereocenters. The molecule has 186 valence electrons. The van der Waals surface area contributed by atoms with Crippen molar-refractivity contribution in [3.8, 4) is 5.75 Å². The Kier molecular flexibility index (Phi) is 7.68. The predicted octanol–water partition coefficient (Wildman–Crippen LogP) is 4.30. The number of ether oxygens (including phenoxy) is 1. The molecule has 1 atom stereocenters. The lowest BCUT2D eigenvalue weighted by atomic mass is 10.1. The van der Waals surface area contributed by atoms with E-state index in [0.717, 1.165) is 22.4 Å². The van der Waals surface area contributed by atoms with Gasteiger partial charge in [-0.25, -0.2) is 0 Å². The minimum Gasteiger partial charge on any atom is -0.484 e. The van der Waals surface area contributed by atoms with Crippen molar-refractivity contribution in [1.29, 1.82) is 0 Å². The van der Waals surface area contributed by atoms with Crippen LogP contribution in [0.25, 0.3) is 0 Å². The Balaban J connectivity index is 1.27. The third kappa shape index (κ3) is 6.10. The van der Waals surface area contributed by atoms with Crippen LogP contribution in [0.2, 0.25) is 0 Å². The summed E-state index contributed by atoms with van der Waals surface area (Å²) in [7, 11) is 0. The van der Waals surface area contributed by atoms with E-state index < -0.39 is 5.92 Å². The van der Waals surface area contributed by atoms with E-state index in [1.807, 2.05) is 63.2 Å². The van der Waals surface area contributed by atoms with E-state index in [9.17, 15) is 14.4 Å². The van der Waals surface area contributed by atoms with Crippen LogP contribution in [0.5, 0.6) is 5.75 Å². The fourth-order valence-corrected chi connectivity index (χ4v) is 4.12. The third-order valence-electron chi connectivity index (χ3n) is 6.48. The quantitative estimate of drug-likeness (QED) is 0.498. The van der Waals surface area contributed by atoms with Crippen molar-refractivity contribution < 1.29 is 19.1 Å². The molecule has 4 rings (SSSR count). The Morgan fingerprint density at radius 1 is 0.972 bits per heavy atom. The number of carbonyl (C=O) groups is 3. The highest BCUT2D eigenvalue weighted by Crippen LogP contribution is 2.27. The number of anilines is 2. The maximum atomic E-state index is 12.6. The molecule has 1 saturated heterocycles. The zero-order chi connectivity index (χ0) is 25.7. The van der Waals surface area contributed by atoms with Gasteiger partial charge >= 0.3 is 0 Å². The number of carbonyl (C=O) groups excluding carboxylic acids is 3. The summed E-state index contributed by atoms with van der Waals surface area (Å²) in [5.74, 6) is -0.336. The Morgan fingerprint density at radius 3 is 2.42 bits per heavy atom. The Morgan fingerprint density at radius 2 is 1.69 bits per heavy atom. The van der Waals surface area contributed by atoms with Gasteiger partial charge in [0, 0.05) is 30.9 Å². The zero-order valence-corrected chi connectivity index (χ0v) is 20.8. The number of aryl methyl sites for hydroxylation is 2. The zero-order valence-electron chi connectivity index (χ0n) is 20.8. The van der Waals surface area contributed by atoms with Gasteiger partial charge in [0.05, 0.1) is 5.92 Å². The molecule has 0 bridgehead atoms. The fraction of sp³-hybridized carbons (Fsp3) is 0.276. The van der Waals surface area contributed by atoms with E-state index in [1.165, 1.54) is 5.56 Å². The lowest BCUT2D eigenvalue weighted by Crippen LogP contribution is -2.32. The number of nitrogens with zero attached hydrogens (tertiary/aromatic N) is 1. The van der Waals surface area contributed by atoms with E-state index in [2.05, 4.69) is 10.6 Å². The van der Waals surface area contributed by atoms with Gasteiger partial charge in [-0.1, -0.05) is 42.0 Å². The summed E-state index contributed by atoms with van der Waals surface area (Å²) in [6.07, 6.45) is 0.177. The van der Waals surface area contributed by atoms with E-state index in [4.69, 9.17) is 4.74 Å². The van der Waals surface area contributed by atoms with Crippen LogP contribution in [0, 0.1) is 26.7 Å². The summed E-state index contributed by atoms with van der Waals surface area (Å²) in [4.78, 5) is 39.1. The van der Waals surface area contributed by atoms with E-state index in [1.54, 1.807) is 29.2 Å². The topological polar surface area (TPSA) is 87.7 Å². The average Bonchev–Trinajstić information content (AvgIpc) is 3.27. The Hall–Kier alpha value is -4.13. The van der Waals surface area contributed by atoms with Crippen LogP contribution in [0.4, 0.5) is 11.4 Å². The van der Waals surface area contributed by atoms with Gasteiger partial charge in [0.25, 0.3) is 5.91 Å². The molecule has 1 fully saturated rings. The highest BCUT2D eigenvalue weighted by atomic mass is 16.5. The van der Waals surface area contributed by atoms with Crippen molar-refractivity contribution >= 4 is 29.1 Å². The predicted molar refractivity (Wildman–Crippen MR) is 140 cm³/mol. The SMILES string of the molecule is Cc1ccc(CNC(=O)[C@@H]2CC(=O)N(c3ccc(OCC(=O)Nc4cccc(C)c4C)cc3)C2)cc1. The molecule has 1 heterocycles. The number of rotatable bonds is 8. The summed E-state index contributed by atoms with van der Waals surface area (Å²) in [6.45, 7) is 6.61. The van der Waals surface area contributed by atoms with Gasteiger partial charge in [0.1, 0.15) is 5.75 Å². The van der Waals surface area contributed by atoms with Crippen LogP contribution >= 0.6 is 0 Å². The van der Waals surface area contributed by atoms with Crippen LogP contribution in [0.1, 0.15) is 28.7 Å². The van der Waals surface area contributed by atoms with Gasteiger partial charge in [-0.2, -0.15) is 0 Å². The van der Waals surface area contributed by atoms with Crippen molar-refractivity contribution in [2.24, 2.45) is 5.92 Å². The molecule has 1 aliphatic rings. The van der Waals surface area contributed by atoms with Crippen molar-refractivity contribution in [2.45, 2.75) is 33.7 Å². The lowest BCUT2D eigenvalue weighted by Gasteiger charge is -2.17. The van der Waals surface area contributed by atoms with Gasteiger partial charge in [-0.05, 0) is 67.8 Å². The van der Waals surface area contributed by atoms with Gasteiger partial charge in [0.15, 0.2) is 6.61 Å². The number of amides is 3. The number of benzene rings is 3. The first-order chi connectivity index (χ1) is 17.3. The smallest absolute Gasteiger partial charge is 0.262 e. The number of hydrogen-bond donors (Lipinski definition) is 2. The molecular weight excluding hydrogens is 454 g/mol. The minimum absolute atomic E-state index is 0.0907. The first-order valence-corrected chi connectivity index (χ1v) is 12.0. The molecule has 7 heteroatoms. The van der Waals surface area contributed by atoms with Gasteiger partial charge in [-0.3, -0.25) is 14.4 Å². The number of nitrogens with one attached hydrogen (secondary N) is 2. The summed E-state index contributed by atoms with van der Waals surface area (Å²) in [5.41, 5.74) is 5.77. The molecule has 0 saturated carbocycles. The molecule has 3 amide bonds. The summed E-state index contributed by atoms with van der Waals surface area (Å²) >= 11 is 0. The second-order valence-electron chi connectivity index (χ2n) is 9.19. The molecule has 3 aromatic rings. The molecule has 0 radical (unpaired) electrons. The van der Waals surface area contributed by atoms with Crippen LogP contribution in [0.3, 0.4) is 0 Å². The first kappa shape index (κ1) is 25.0. The minimum atomic E-state index is -0.396. The summed E-state index contributed by atoms with van der Waals surface area (Å²) < 4.78 is 5.62. The van der Waals surface area contributed by atoms with E-state index in [-0.39, 0.29) is 30.7 Å². The molecule has 2 N–H and O–H groups in total. The van der Waals surface area contributed by atoms with E-state index >= 15 is 0 Å². The Bertz CT molecular complexity index is 1250. The van der Waals surface area contributed by atoms with Crippen molar-refractivity contribution in [3.63, 3.8) is 0 Å². The van der Waals surface area contributed by atoms with Crippen LogP contribution in [0.15, 0.2) is 66.7 Å². The van der Waals surface area contributed by atoms with Gasteiger partial charge < -0.3 is 20.3 Å². The summed E-state index contributed by atoms with van der Waals surface area (Å²) in [5, 5.41) is 5.80. The van der Waals surface area contributed by atoms with Crippen molar-refractivity contribution in [1.82, 2.24) is 5.32 Å². The monoisotopic (exact) mass is 485 g/mol. The van der Waals surface area contributed by atoms with Crippen LogP contribution in [-0.2, 0) is 20.9 Å². The van der Waals surface area contributed by atoms with Crippen molar-refractivity contribution in [3.05, 3.63) is 89.0 Å². The molecular formula is C29H31N3O4.